The smallest absolute Gasteiger partial charge is 0.407 e. The van der Waals surface area contributed by atoms with E-state index in [1.54, 1.807) is 25.6 Å². The van der Waals surface area contributed by atoms with Crippen LogP contribution in [0.3, 0.4) is 0 Å². The summed E-state index contributed by atoms with van der Waals surface area (Å²) in [5, 5.41) is 5.28. The molecule has 7 nitrogen and oxygen atoms in total. The molecule has 2 N–H and O–H groups in total. The first-order valence-corrected chi connectivity index (χ1v) is 7.68. The predicted octanol–water partition coefficient (Wildman–Crippen LogP) is 2.28. The Balaban J connectivity index is 1.94. The largest absolute Gasteiger partial charge is 0.447 e. The minimum absolute atomic E-state index is 0.125. The Labute approximate surface area is 128 Å². The van der Waals surface area contributed by atoms with Crippen molar-refractivity contribution >= 4 is 23.5 Å². The molecule has 21 heavy (non-hydrogen) atoms. The average Bonchev–Trinajstić information content (AvgIpc) is 2.92. The van der Waals surface area contributed by atoms with Gasteiger partial charge in [-0.3, -0.25) is 4.98 Å². The first-order valence-electron chi connectivity index (χ1n) is 6.80. The first kappa shape index (κ1) is 17.2. The highest BCUT2D eigenvalue weighted by Crippen LogP contribution is 2.06. The van der Waals surface area contributed by atoms with E-state index >= 15 is 0 Å². The fourth-order valence-electron chi connectivity index (χ4n) is 1.39. The highest BCUT2D eigenvalue weighted by molar-refractivity contribution is 7.09. The van der Waals surface area contributed by atoms with Crippen LogP contribution in [0, 0.1) is 0 Å². The Bertz CT molecular complexity index is 423. The average molecular weight is 315 g/mol. The molecule has 0 saturated heterocycles. The number of carbonyl (C=O) groups is 2. The molecule has 2 amide bonds. The molecule has 0 saturated carbocycles. The molecule has 0 unspecified atom stereocenters. The number of nitrogens with one attached hydrogen (secondary N) is 2. The van der Waals surface area contributed by atoms with E-state index in [1.165, 1.54) is 11.3 Å². The predicted molar refractivity (Wildman–Crippen MR) is 79.2 cm³/mol. The standard InChI is InChI=1S/C13H21N3O4S/c1-10(2)20-13(18)16-6-4-3-5-15-12(17)19-8-11-7-14-9-21-11/h7,9-10H,3-6,8H2,1-2H3,(H,15,17)(H,16,18). The van der Waals surface area contributed by atoms with Crippen LogP contribution in [-0.4, -0.2) is 36.4 Å². The second-order valence-electron chi connectivity index (χ2n) is 4.56. The molecule has 0 bridgehead atoms. The van der Waals surface area contributed by atoms with Crippen molar-refractivity contribution < 1.29 is 19.1 Å². The summed E-state index contributed by atoms with van der Waals surface area (Å²) in [4.78, 5) is 27.3. The number of nitrogens with zero attached hydrogens (tertiary/aromatic N) is 1. The van der Waals surface area contributed by atoms with Gasteiger partial charge in [-0.25, -0.2) is 9.59 Å². The Morgan fingerprint density at radius 2 is 1.90 bits per heavy atom. The van der Waals surface area contributed by atoms with E-state index in [9.17, 15) is 9.59 Å². The van der Waals surface area contributed by atoms with Crippen LogP contribution >= 0.6 is 11.3 Å². The lowest BCUT2D eigenvalue weighted by atomic mass is 10.3. The highest BCUT2D eigenvalue weighted by atomic mass is 32.1. The number of amides is 2. The van der Waals surface area contributed by atoms with E-state index in [2.05, 4.69) is 15.6 Å². The van der Waals surface area contributed by atoms with Crippen LogP contribution in [-0.2, 0) is 16.1 Å². The number of rotatable bonds is 8. The summed E-state index contributed by atoms with van der Waals surface area (Å²) in [7, 11) is 0. The van der Waals surface area contributed by atoms with Gasteiger partial charge in [-0.2, -0.15) is 0 Å². The molecule has 0 aliphatic carbocycles. The van der Waals surface area contributed by atoms with E-state index in [0.29, 0.717) is 13.1 Å². The molecule has 1 aromatic heterocycles. The Hall–Kier alpha value is -1.83. The number of thiazole rings is 1. The maximum atomic E-state index is 11.4. The van der Waals surface area contributed by atoms with Gasteiger partial charge >= 0.3 is 12.2 Å². The molecule has 0 spiro atoms. The van der Waals surface area contributed by atoms with Crippen molar-refractivity contribution in [1.82, 2.24) is 15.6 Å². The molecule has 0 aromatic carbocycles. The van der Waals surface area contributed by atoms with Crippen molar-refractivity contribution in [2.24, 2.45) is 0 Å². The summed E-state index contributed by atoms with van der Waals surface area (Å²) in [5.74, 6) is 0. The summed E-state index contributed by atoms with van der Waals surface area (Å²) < 4.78 is 9.92. The van der Waals surface area contributed by atoms with E-state index in [1.807, 2.05) is 0 Å². The van der Waals surface area contributed by atoms with Gasteiger partial charge < -0.3 is 20.1 Å². The molecule has 1 heterocycles. The minimum atomic E-state index is -0.449. The first-order chi connectivity index (χ1) is 10.1. The molecule has 1 rings (SSSR count). The van der Waals surface area contributed by atoms with Crippen molar-refractivity contribution in [3.8, 4) is 0 Å². The fraction of sp³-hybridized carbons (Fsp3) is 0.615. The van der Waals surface area contributed by atoms with Crippen molar-refractivity contribution in [3.05, 3.63) is 16.6 Å². The Kier molecular flexibility index (Phi) is 8.18. The number of carbonyl (C=O) groups excluding carboxylic acids is 2. The Morgan fingerprint density at radius 1 is 1.24 bits per heavy atom. The van der Waals surface area contributed by atoms with Gasteiger partial charge in [0.1, 0.15) is 6.61 Å². The molecule has 0 atom stereocenters. The van der Waals surface area contributed by atoms with Gasteiger partial charge in [-0.1, -0.05) is 0 Å². The van der Waals surface area contributed by atoms with Crippen LogP contribution in [0.1, 0.15) is 31.6 Å². The van der Waals surface area contributed by atoms with Gasteiger partial charge in [0, 0.05) is 19.3 Å². The zero-order valence-electron chi connectivity index (χ0n) is 12.3. The lowest BCUT2D eigenvalue weighted by Crippen LogP contribution is -2.29. The zero-order chi connectivity index (χ0) is 15.5. The molecule has 0 aliphatic rings. The van der Waals surface area contributed by atoms with E-state index in [-0.39, 0.29) is 12.7 Å². The zero-order valence-corrected chi connectivity index (χ0v) is 13.1. The lowest BCUT2D eigenvalue weighted by molar-refractivity contribution is 0.115. The molecule has 1 aromatic rings. The maximum Gasteiger partial charge on any atom is 0.407 e. The van der Waals surface area contributed by atoms with Crippen LogP contribution in [0.15, 0.2) is 11.7 Å². The van der Waals surface area contributed by atoms with Crippen LogP contribution in [0.25, 0.3) is 0 Å². The van der Waals surface area contributed by atoms with Crippen molar-refractivity contribution in [2.75, 3.05) is 13.1 Å². The SMILES string of the molecule is CC(C)OC(=O)NCCCCNC(=O)OCc1cncs1. The lowest BCUT2D eigenvalue weighted by Gasteiger charge is -2.09. The van der Waals surface area contributed by atoms with Gasteiger partial charge in [0.2, 0.25) is 0 Å². The number of unbranched alkanes of at least 4 members (excludes halogenated alkanes) is 1. The molecule has 8 heteroatoms. The van der Waals surface area contributed by atoms with Gasteiger partial charge in [0.25, 0.3) is 0 Å². The fourth-order valence-corrected chi connectivity index (χ4v) is 1.89. The second-order valence-corrected chi connectivity index (χ2v) is 5.53. The van der Waals surface area contributed by atoms with Crippen LogP contribution < -0.4 is 10.6 Å². The molecule has 0 fully saturated rings. The van der Waals surface area contributed by atoms with Crippen LogP contribution in [0.2, 0.25) is 0 Å². The minimum Gasteiger partial charge on any atom is -0.447 e. The molecule has 118 valence electrons. The van der Waals surface area contributed by atoms with E-state index < -0.39 is 12.2 Å². The summed E-state index contributed by atoms with van der Waals surface area (Å²) in [6, 6.07) is 0. The molecular weight excluding hydrogens is 294 g/mol. The molecule has 0 aliphatic heterocycles. The van der Waals surface area contributed by atoms with E-state index in [0.717, 1.165) is 17.7 Å². The van der Waals surface area contributed by atoms with Gasteiger partial charge in [0.15, 0.2) is 0 Å². The number of alkyl carbamates (subject to hydrolysis) is 2. The normalized spacial score (nSPS) is 10.2. The number of hydrogen-bond acceptors (Lipinski definition) is 6. The monoisotopic (exact) mass is 315 g/mol. The molecule has 0 radical (unpaired) electrons. The third-order valence-electron chi connectivity index (χ3n) is 2.31. The summed E-state index contributed by atoms with van der Waals surface area (Å²) in [6.45, 7) is 4.84. The van der Waals surface area contributed by atoms with Gasteiger partial charge in [0.05, 0.1) is 16.5 Å². The summed E-state index contributed by atoms with van der Waals surface area (Å²) in [5.41, 5.74) is 1.69. The molecular formula is C13H21N3O4S. The van der Waals surface area contributed by atoms with Crippen molar-refractivity contribution in [1.29, 1.82) is 0 Å². The van der Waals surface area contributed by atoms with E-state index in [4.69, 9.17) is 9.47 Å². The number of hydrogen-bond donors (Lipinski definition) is 2. The second kappa shape index (κ2) is 9.98. The number of aromatic nitrogens is 1. The van der Waals surface area contributed by atoms with Crippen molar-refractivity contribution in [3.63, 3.8) is 0 Å². The summed E-state index contributed by atoms with van der Waals surface area (Å²) in [6.07, 6.45) is 2.18. The third-order valence-corrected chi connectivity index (χ3v) is 3.07. The Morgan fingerprint density at radius 3 is 2.48 bits per heavy atom. The van der Waals surface area contributed by atoms with Crippen LogP contribution in [0.5, 0.6) is 0 Å². The third kappa shape index (κ3) is 8.85. The van der Waals surface area contributed by atoms with Gasteiger partial charge in [-0.05, 0) is 26.7 Å². The van der Waals surface area contributed by atoms with Crippen LogP contribution in [0.4, 0.5) is 9.59 Å². The summed E-state index contributed by atoms with van der Waals surface area (Å²) >= 11 is 1.44. The topological polar surface area (TPSA) is 89.6 Å². The maximum absolute atomic E-state index is 11.4. The highest BCUT2D eigenvalue weighted by Gasteiger charge is 2.04. The quantitative estimate of drug-likeness (QED) is 0.718. The van der Waals surface area contributed by atoms with Crippen molar-refractivity contribution in [2.45, 2.75) is 39.4 Å². The van der Waals surface area contributed by atoms with Gasteiger partial charge in [-0.15, -0.1) is 11.3 Å². The number of ether oxygens (including phenoxy) is 2.